The summed E-state index contributed by atoms with van der Waals surface area (Å²) in [6.45, 7) is 12.2. The Bertz CT molecular complexity index is 835. The summed E-state index contributed by atoms with van der Waals surface area (Å²) in [5, 5.41) is 3.48. The van der Waals surface area contributed by atoms with Crippen molar-refractivity contribution in [2.45, 2.75) is 20.0 Å². The number of aliphatic imine (C=N–C) groups is 1. The van der Waals surface area contributed by atoms with E-state index in [1.807, 2.05) is 18.3 Å². The Morgan fingerprint density at radius 3 is 2.50 bits per heavy atom. The Morgan fingerprint density at radius 1 is 1.00 bits per heavy atom. The number of rotatable bonds is 6. The number of anilines is 1. The molecule has 0 radical (unpaired) electrons. The van der Waals surface area contributed by atoms with Crippen LogP contribution in [0.1, 0.15) is 18.1 Å². The Kier molecular flexibility index (Phi) is 10.0. The fraction of sp³-hybridized carbons (Fsp3) is 0.500. The molecule has 3 heterocycles. The van der Waals surface area contributed by atoms with E-state index >= 15 is 0 Å². The monoisotopic (exact) mass is 550 g/mol. The first-order valence-corrected chi connectivity index (χ1v) is 11.4. The maximum atomic E-state index is 5.46. The first kappa shape index (κ1) is 24.7. The smallest absolute Gasteiger partial charge is 0.194 e. The van der Waals surface area contributed by atoms with Gasteiger partial charge in [0.1, 0.15) is 5.82 Å². The summed E-state index contributed by atoms with van der Waals surface area (Å²) in [7, 11) is 0. The van der Waals surface area contributed by atoms with Crippen LogP contribution in [-0.2, 0) is 17.8 Å². The molecule has 0 amide bonds. The normalized spacial score (nSPS) is 17.7. The third-order valence-corrected chi connectivity index (χ3v) is 5.80. The predicted octanol–water partition coefficient (Wildman–Crippen LogP) is 2.82. The van der Waals surface area contributed by atoms with Crippen molar-refractivity contribution in [3.05, 3.63) is 59.8 Å². The van der Waals surface area contributed by atoms with E-state index in [1.54, 1.807) is 0 Å². The van der Waals surface area contributed by atoms with Crippen molar-refractivity contribution in [2.24, 2.45) is 4.99 Å². The second kappa shape index (κ2) is 13.0. The Hall–Kier alpha value is -1.91. The molecule has 2 aliphatic heterocycles. The summed E-state index contributed by atoms with van der Waals surface area (Å²) in [6.07, 6.45) is 1.86. The molecular weight excluding hydrogens is 515 g/mol. The van der Waals surface area contributed by atoms with Crippen LogP contribution in [0, 0.1) is 0 Å². The number of halogens is 1. The maximum absolute atomic E-state index is 5.46. The van der Waals surface area contributed by atoms with Crippen LogP contribution >= 0.6 is 24.0 Å². The highest BCUT2D eigenvalue weighted by atomic mass is 127. The topological polar surface area (TPSA) is 56.2 Å². The molecule has 2 saturated heterocycles. The van der Waals surface area contributed by atoms with Gasteiger partial charge in [-0.1, -0.05) is 30.3 Å². The van der Waals surface area contributed by atoms with Gasteiger partial charge in [0.05, 0.1) is 19.8 Å². The lowest BCUT2D eigenvalue weighted by molar-refractivity contribution is 0.0342. The van der Waals surface area contributed by atoms with Gasteiger partial charge in [0.25, 0.3) is 0 Å². The number of pyridine rings is 1. The van der Waals surface area contributed by atoms with Gasteiger partial charge in [-0.25, -0.2) is 9.98 Å². The third kappa shape index (κ3) is 7.05. The van der Waals surface area contributed by atoms with Gasteiger partial charge in [0, 0.05) is 58.6 Å². The fourth-order valence-corrected chi connectivity index (χ4v) is 4.12. The van der Waals surface area contributed by atoms with Gasteiger partial charge in [-0.05, 0) is 30.2 Å². The number of benzene rings is 1. The van der Waals surface area contributed by atoms with Gasteiger partial charge in [0.15, 0.2) is 5.96 Å². The van der Waals surface area contributed by atoms with Crippen molar-refractivity contribution in [3.8, 4) is 0 Å². The zero-order chi connectivity index (χ0) is 21.3. The lowest BCUT2D eigenvalue weighted by Crippen LogP contribution is -2.52. The zero-order valence-electron chi connectivity index (χ0n) is 18.9. The van der Waals surface area contributed by atoms with Crippen molar-refractivity contribution in [3.63, 3.8) is 0 Å². The van der Waals surface area contributed by atoms with Crippen LogP contribution < -0.4 is 10.2 Å². The number of nitrogens with zero attached hydrogens (tertiary/aromatic N) is 5. The first-order chi connectivity index (χ1) is 15.3. The molecule has 1 aromatic heterocycles. The summed E-state index contributed by atoms with van der Waals surface area (Å²) in [6, 6.07) is 14.9. The van der Waals surface area contributed by atoms with Gasteiger partial charge in [-0.2, -0.15) is 0 Å². The van der Waals surface area contributed by atoms with E-state index in [-0.39, 0.29) is 24.0 Å². The first-order valence-electron chi connectivity index (χ1n) is 11.4. The molecule has 2 aromatic rings. The van der Waals surface area contributed by atoms with Crippen LogP contribution in [0.15, 0.2) is 53.7 Å². The molecule has 0 bridgehead atoms. The standard InChI is InChI=1S/C24H34N6O.HI/c1-2-25-24(30-12-10-29(11-13-30)23-8-3-4-9-26-23)27-19-21-6-5-7-22(18-21)20-28-14-16-31-17-15-28;/h3-9,18H,2,10-17,19-20H2,1H3,(H,25,27);1H. The Balaban J connectivity index is 0.00000289. The van der Waals surface area contributed by atoms with Crippen LogP contribution in [0.4, 0.5) is 5.82 Å². The summed E-state index contributed by atoms with van der Waals surface area (Å²) in [5.41, 5.74) is 2.61. The van der Waals surface area contributed by atoms with Gasteiger partial charge in [0.2, 0.25) is 0 Å². The van der Waals surface area contributed by atoms with E-state index in [2.05, 4.69) is 62.3 Å². The maximum Gasteiger partial charge on any atom is 0.194 e. The number of hydrogen-bond acceptors (Lipinski definition) is 5. The minimum atomic E-state index is 0. The van der Waals surface area contributed by atoms with Crippen molar-refractivity contribution in [1.82, 2.24) is 20.1 Å². The molecule has 0 atom stereocenters. The molecule has 1 aromatic carbocycles. The minimum absolute atomic E-state index is 0. The number of morpholine rings is 1. The molecule has 8 heteroatoms. The van der Waals surface area contributed by atoms with Gasteiger partial charge >= 0.3 is 0 Å². The van der Waals surface area contributed by atoms with Crippen molar-refractivity contribution < 1.29 is 4.74 Å². The van der Waals surface area contributed by atoms with Crippen LogP contribution in [0.3, 0.4) is 0 Å². The number of aromatic nitrogens is 1. The van der Waals surface area contributed by atoms with E-state index in [1.165, 1.54) is 11.1 Å². The van der Waals surface area contributed by atoms with Gasteiger partial charge in [-0.15, -0.1) is 24.0 Å². The number of piperazine rings is 1. The van der Waals surface area contributed by atoms with Crippen molar-refractivity contribution in [1.29, 1.82) is 0 Å². The molecular formula is C24H35IN6O. The molecule has 0 spiro atoms. The molecule has 2 fully saturated rings. The second-order valence-corrected chi connectivity index (χ2v) is 8.04. The van der Waals surface area contributed by atoms with Crippen LogP contribution in [0.25, 0.3) is 0 Å². The molecule has 0 aliphatic carbocycles. The highest BCUT2D eigenvalue weighted by Gasteiger charge is 2.20. The molecule has 32 heavy (non-hydrogen) atoms. The third-order valence-electron chi connectivity index (χ3n) is 5.80. The fourth-order valence-electron chi connectivity index (χ4n) is 4.12. The van der Waals surface area contributed by atoms with Crippen molar-refractivity contribution in [2.75, 3.05) is 63.9 Å². The number of nitrogens with one attached hydrogen (secondary N) is 1. The van der Waals surface area contributed by atoms with Gasteiger partial charge in [-0.3, -0.25) is 4.90 Å². The quantitative estimate of drug-likeness (QED) is 0.339. The molecule has 2 aliphatic rings. The van der Waals surface area contributed by atoms with E-state index in [0.29, 0.717) is 6.54 Å². The van der Waals surface area contributed by atoms with E-state index in [0.717, 1.165) is 77.3 Å². The van der Waals surface area contributed by atoms with Crippen molar-refractivity contribution >= 4 is 35.8 Å². The molecule has 0 saturated carbocycles. The number of guanidine groups is 1. The molecule has 7 nitrogen and oxygen atoms in total. The molecule has 174 valence electrons. The summed E-state index contributed by atoms with van der Waals surface area (Å²) < 4.78 is 5.46. The number of ether oxygens (including phenoxy) is 1. The van der Waals surface area contributed by atoms with E-state index < -0.39 is 0 Å². The average molecular weight is 550 g/mol. The zero-order valence-corrected chi connectivity index (χ0v) is 21.3. The SMILES string of the molecule is CCNC(=NCc1cccc(CN2CCOCC2)c1)N1CCN(c2ccccn2)CC1.I. The summed E-state index contributed by atoms with van der Waals surface area (Å²) in [4.78, 5) is 16.6. The highest BCUT2D eigenvalue weighted by Crippen LogP contribution is 2.14. The Labute approximate surface area is 208 Å². The average Bonchev–Trinajstić information content (AvgIpc) is 2.83. The van der Waals surface area contributed by atoms with E-state index in [4.69, 9.17) is 9.73 Å². The van der Waals surface area contributed by atoms with Gasteiger partial charge < -0.3 is 19.9 Å². The minimum Gasteiger partial charge on any atom is -0.379 e. The van der Waals surface area contributed by atoms with Crippen LogP contribution in [-0.4, -0.2) is 79.8 Å². The predicted molar refractivity (Wildman–Crippen MR) is 141 cm³/mol. The lowest BCUT2D eigenvalue weighted by atomic mass is 10.1. The molecule has 1 N–H and O–H groups in total. The largest absolute Gasteiger partial charge is 0.379 e. The lowest BCUT2D eigenvalue weighted by Gasteiger charge is -2.37. The highest BCUT2D eigenvalue weighted by molar-refractivity contribution is 14.0. The molecule has 0 unspecified atom stereocenters. The molecule has 4 rings (SSSR count). The second-order valence-electron chi connectivity index (χ2n) is 8.04. The van der Waals surface area contributed by atoms with Crippen LogP contribution in [0.2, 0.25) is 0 Å². The summed E-state index contributed by atoms with van der Waals surface area (Å²) >= 11 is 0. The van der Waals surface area contributed by atoms with E-state index in [9.17, 15) is 0 Å². The number of hydrogen-bond donors (Lipinski definition) is 1. The van der Waals surface area contributed by atoms with Crippen LogP contribution in [0.5, 0.6) is 0 Å². The Morgan fingerprint density at radius 2 is 1.78 bits per heavy atom. The summed E-state index contributed by atoms with van der Waals surface area (Å²) in [5.74, 6) is 2.06.